The van der Waals surface area contributed by atoms with Gasteiger partial charge in [-0.2, -0.15) is 4.31 Å². The third-order valence-electron chi connectivity index (χ3n) is 5.34. The van der Waals surface area contributed by atoms with Crippen LogP contribution >= 0.6 is 11.8 Å². The van der Waals surface area contributed by atoms with Crippen LogP contribution in [0.5, 0.6) is 0 Å². The van der Waals surface area contributed by atoms with E-state index >= 15 is 0 Å². The lowest BCUT2D eigenvalue weighted by Gasteiger charge is -2.26. The number of anilines is 1. The quantitative estimate of drug-likeness (QED) is 0.510. The van der Waals surface area contributed by atoms with Gasteiger partial charge in [0.15, 0.2) is 11.0 Å². The Hall–Kier alpha value is -2.76. The molecular weight excluding hydrogens is 465 g/mol. The lowest BCUT2D eigenvalue weighted by Crippen LogP contribution is -2.35. The number of halogens is 1. The van der Waals surface area contributed by atoms with Gasteiger partial charge in [-0.1, -0.05) is 24.2 Å². The summed E-state index contributed by atoms with van der Waals surface area (Å²) in [4.78, 5) is 12.7. The van der Waals surface area contributed by atoms with Gasteiger partial charge in [0, 0.05) is 31.4 Å². The van der Waals surface area contributed by atoms with Gasteiger partial charge in [-0.3, -0.25) is 4.79 Å². The van der Waals surface area contributed by atoms with Crippen LogP contribution in [0.3, 0.4) is 0 Å². The van der Waals surface area contributed by atoms with Crippen LogP contribution in [0.25, 0.3) is 11.4 Å². The van der Waals surface area contributed by atoms with Crippen molar-refractivity contribution in [3.63, 3.8) is 0 Å². The first kappa shape index (κ1) is 23.4. The molecule has 2 aromatic carbocycles. The number of piperidine rings is 1. The van der Waals surface area contributed by atoms with Gasteiger partial charge in [-0.25, -0.2) is 12.8 Å². The van der Waals surface area contributed by atoms with E-state index < -0.39 is 10.0 Å². The molecule has 2 heterocycles. The van der Waals surface area contributed by atoms with Gasteiger partial charge in [0.2, 0.25) is 15.9 Å². The summed E-state index contributed by atoms with van der Waals surface area (Å²) in [5, 5.41) is 11.5. The Morgan fingerprint density at radius 1 is 1.09 bits per heavy atom. The van der Waals surface area contributed by atoms with Crippen LogP contribution in [0.2, 0.25) is 0 Å². The first-order chi connectivity index (χ1) is 15.8. The van der Waals surface area contributed by atoms with Crippen molar-refractivity contribution in [3.8, 4) is 11.4 Å². The van der Waals surface area contributed by atoms with E-state index in [4.69, 9.17) is 0 Å². The molecule has 1 aliphatic heterocycles. The number of carbonyl (C=O) groups is 1. The van der Waals surface area contributed by atoms with Crippen molar-refractivity contribution >= 4 is 33.4 Å². The average Bonchev–Trinajstić information content (AvgIpc) is 3.19. The molecule has 1 aliphatic rings. The van der Waals surface area contributed by atoms with Gasteiger partial charge >= 0.3 is 0 Å². The molecule has 1 amide bonds. The number of sulfonamides is 1. The fraction of sp³-hybridized carbons (Fsp3) is 0.318. The normalized spacial score (nSPS) is 14.8. The third kappa shape index (κ3) is 5.43. The van der Waals surface area contributed by atoms with Crippen LogP contribution < -0.4 is 5.32 Å². The lowest BCUT2D eigenvalue weighted by atomic mass is 10.2. The Morgan fingerprint density at radius 3 is 2.55 bits per heavy atom. The summed E-state index contributed by atoms with van der Waals surface area (Å²) in [7, 11) is -1.80. The summed E-state index contributed by atoms with van der Waals surface area (Å²) in [5.41, 5.74) is 1.14. The van der Waals surface area contributed by atoms with Crippen LogP contribution in [0.15, 0.2) is 58.6 Å². The van der Waals surface area contributed by atoms with E-state index in [1.54, 1.807) is 41.9 Å². The van der Waals surface area contributed by atoms with E-state index in [2.05, 4.69) is 15.5 Å². The highest BCUT2D eigenvalue weighted by Crippen LogP contribution is 2.25. The first-order valence-corrected chi connectivity index (χ1v) is 13.0. The fourth-order valence-corrected chi connectivity index (χ4v) is 5.88. The highest BCUT2D eigenvalue weighted by atomic mass is 32.2. The fourth-order valence-electron chi connectivity index (χ4n) is 3.61. The third-order valence-corrected chi connectivity index (χ3v) is 8.26. The molecule has 0 atom stereocenters. The van der Waals surface area contributed by atoms with Crippen LogP contribution in [0.4, 0.5) is 10.1 Å². The Bertz CT molecular complexity index is 1240. The highest BCUT2D eigenvalue weighted by molar-refractivity contribution is 7.99. The molecular formula is C22H24FN5O3S2. The first-order valence-electron chi connectivity index (χ1n) is 10.5. The van der Waals surface area contributed by atoms with E-state index in [1.807, 2.05) is 0 Å². The summed E-state index contributed by atoms with van der Waals surface area (Å²) in [6, 6.07) is 12.3. The standard InChI is InChI=1S/C22H24FN5O3S2/c1-27-21(16-8-10-17(23)11-9-16)25-26-22(27)32-15-20(29)24-18-6-5-7-19(14-18)33(30,31)28-12-3-2-4-13-28/h5-11,14H,2-4,12-13,15H2,1H3,(H,24,29). The summed E-state index contributed by atoms with van der Waals surface area (Å²) in [6.07, 6.45) is 2.76. The van der Waals surface area contributed by atoms with Crippen molar-refractivity contribution in [2.45, 2.75) is 29.3 Å². The van der Waals surface area contributed by atoms with Gasteiger partial charge in [0.05, 0.1) is 10.6 Å². The summed E-state index contributed by atoms with van der Waals surface area (Å²) in [5.74, 6) is 0.00533. The van der Waals surface area contributed by atoms with Gasteiger partial charge in [0.1, 0.15) is 5.82 Å². The predicted molar refractivity (Wildman–Crippen MR) is 125 cm³/mol. The summed E-state index contributed by atoms with van der Waals surface area (Å²) in [6.45, 7) is 1.04. The van der Waals surface area contributed by atoms with Crippen LogP contribution in [0.1, 0.15) is 19.3 Å². The second-order valence-electron chi connectivity index (χ2n) is 7.70. The molecule has 0 spiro atoms. The molecule has 0 bridgehead atoms. The largest absolute Gasteiger partial charge is 0.325 e. The number of nitrogens with zero attached hydrogens (tertiary/aromatic N) is 4. The molecule has 11 heteroatoms. The zero-order valence-corrected chi connectivity index (χ0v) is 19.7. The van der Waals surface area contributed by atoms with E-state index in [1.165, 1.54) is 34.3 Å². The number of carbonyl (C=O) groups excluding carboxylic acids is 1. The van der Waals surface area contributed by atoms with E-state index in [0.717, 1.165) is 24.8 Å². The number of amides is 1. The van der Waals surface area contributed by atoms with Gasteiger partial charge in [0.25, 0.3) is 0 Å². The summed E-state index contributed by atoms with van der Waals surface area (Å²) < 4.78 is 42.2. The maximum Gasteiger partial charge on any atom is 0.243 e. The molecule has 1 N–H and O–H groups in total. The van der Waals surface area contributed by atoms with E-state index in [-0.39, 0.29) is 22.4 Å². The number of aromatic nitrogens is 3. The topological polar surface area (TPSA) is 97.2 Å². The maximum atomic E-state index is 13.2. The van der Waals surface area contributed by atoms with Crippen molar-refractivity contribution in [1.82, 2.24) is 19.1 Å². The molecule has 33 heavy (non-hydrogen) atoms. The zero-order valence-electron chi connectivity index (χ0n) is 18.1. The number of benzene rings is 2. The molecule has 1 aromatic heterocycles. The maximum absolute atomic E-state index is 13.2. The molecule has 1 saturated heterocycles. The lowest BCUT2D eigenvalue weighted by molar-refractivity contribution is -0.113. The molecule has 0 saturated carbocycles. The molecule has 174 valence electrons. The zero-order chi connectivity index (χ0) is 23.4. The molecule has 0 unspecified atom stereocenters. The minimum absolute atomic E-state index is 0.0680. The van der Waals surface area contributed by atoms with Crippen molar-refractivity contribution < 1.29 is 17.6 Å². The molecule has 0 aliphatic carbocycles. The van der Waals surface area contributed by atoms with Crippen LogP contribution in [-0.2, 0) is 21.9 Å². The molecule has 1 fully saturated rings. The number of hydrogen-bond donors (Lipinski definition) is 1. The van der Waals surface area contributed by atoms with Crippen molar-refractivity contribution in [3.05, 3.63) is 54.3 Å². The second kappa shape index (κ2) is 10.0. The minimum atomic E-state index is -3.58. The predicted octanol–water partition coefficient (Wildman–Crippen LogP) is 3.53. The number of hydrogen-bond acceptors (Lipinski definition) is 6. The highest BCUT2D eigenvalue weighted by Gasteiger charge is 2.26. The van der Waals surface area contributed by atoms with Gasteiger partial charge in [-0.05, 0) is 55.3 Å². The molecule has 8 nitrogen and oxygen atoms in total. The van der Waals surface area contributed by atoms with Crippen molar-refractivity contribution in [2.75, 3.05) is 24.2 Å². The van der Waals surface area contributed by atoms with E-state index in [0.29, 0.717) is 29.8 Å². The van der Waals surface area contributed by atoms with Gasteiger partial charge in [-0.15, -0.1) is 10.2 Å². The minimum Gasteiger partial charge on any atom is -0.325 e. The Labute approximate surface area is 196 Å². The van der Waals surface area contributed by atoms with Crippen LogP contribution in [0, 0.1) is 5.82 Å². The van der Waals surface area contributed by atoms with E-state index in [9.17, 15) is 17.6 Å². The smallest absolute Gasteiger partial charge is 0.243 e. The average molecular weight is 490 g/mol. The Kier molecular flexibility index (Phi) is 7.11. The molecule has 4 rings (SSSR count). The van der Waals surface area contributed by atoms with Crippen molar-refractivity contribution in [1.29, 1.82) is 0 Å². The second-order valence-corrected chi connectivity index (χ2v) is 10.6. The monoisotopic (exact) mass is 489 g/mol. The summed E-state index contributed by atoms with van der Waals surface area (Å²) >= 11 is 1.20. The molecule has 3 aromatic rings. The molecule has 0 radical (unpaired) electrons. The number of thioether (sulfide) groups is 1. The number of rotatable bonds is 7. The van der Waals surface area contributed by atoms with Gasteiger partial charge < -0.3 is 9.88 Å². The number of nitrogens with one attached hydrogen (secondary N) is 1. The Morgan fingerprint density at radius 2 is 1.82 bits per heavy atom. The Balaban J connectivity index is 1.39. The van der Waals surface area contributed by atoms with Crippen LogP contribution in [-0.4, -0.2) is 52.2 Å². The SMILES string of the molecule is Cn1c(SCC(=O)Nc2cccc(S(=O)(=O)N3CCCCC3)c2)nnc1-c1ccc(F)cc1. The van der Waals surface area contributed by atoms with Crippen molar-refractivity contribution in [2.24, 2.45) is 7.05 Å².